The molecule has 7 rings (SSSR count). The van der Waals surface area contributed by atoms with Gasteiger partial charge in [0.1, 0.15) is 6.04 Å². The largest absolute Gasteiger partial charge is 0.454 e. The Morgan fingerprint density at radius 3 is 2.47 bits per heavy atom. The molecule has 0 spiro atoms. The first-order valence-corrected chi connectivity index (χ1v) is 11.8. The van der Waals surface area contributed by atoms with Gasteiger partial charge in [0.25, 0.3) is 0 Å². The van der Waals surface area contributed by atoms with Gasteiger partial charge in [-0.05, 0) is 41.5 Å². The van der Waals surface area contributed by atoms with Crippen LogP contribution in [-0.4, -0.2) is 35.5 Å². The number of imide groups is 1. The van der Waals surface area contributed by atoms with E-state index in [1.165, 1.54) is 4.90 Å². The third kappa shape index (κ3) is 2.90. The summed E-state index contributed by atoms with van der Waals surface area (Å²) in [6, 6.07) is 20.6. The molecule has 0 saturated carbocycles. The van der Waals surface area contributed by atoms with Crippen LogP contribution in [0.25, 0.3) is 6.08 Å². The number of carbonyl (C=O) groups is 3. The monoisotopic (exact) mass is 479 g/mol. The molecule has 36 heavy (non-hydrogen) atoms. The number of para-hydroxylation sites is 1. The highest BCUT2D eigenvalue weighted by Crippen LogP contribution is 2.53. The van der Waals surface area contributed by atoms with E-state index in [2.05, 4.69) is 5.32 Å². The fourth-order valence-electron chi connectivity index (χ4n) is 5.88. The number of nitrogens with zero attached hydrogens (tertiary/aromatic N) is 2. The van der Waals surface area contributed by atoms with Crippen molar-refractivity contribution < 1.29 is 23.9 Å². The van der Waals surface area contributed by atoms with E-state index in [0.717, 1.165) is 11.1 Å². The lowest BCUT2D eigenvalue weighted by Crippen LogP contribution is -2.46. The number of rotatable bonds is 3. The van der Waals surface area contributed by atoms with Gasteiger partial charge < -0.3 is 19.7 Å². The summed E-state index contributed by atoms with van der Waals surface area (Å²) in [7, 11) is 0. The van der Waals surface area contributed by atoms with Gasteiger partial charge in [0.15, 0.2) is 11.5 Å². The van der Waals surface area contributed by atoms with Crippen LogP contribution in [0.2, 0.25) is 0 Å². The lowest BCUT2D eigenvalue weighted by atomic mass is 9.84. The van der Waals surface area contributed by atoms with Crippen molar-refractivity contribution in [1.29, 1.82) is 0 Å². The SMILES string of the molecule is O=C(Nc1ccc2c(c1)OCO2)[C@@H]1[C@@H]2C(=O)N(c3ccccc3)C(=O)[C@@H]2[C@@H]2c3ccccc3C=CN12. The highest BCUT2D eigenvalue weighted by molar-refractivity contribution is 6.24. The van der Waals surface area contributed by atoms with Crippen LogP contribution in [0.1, 0.15) is 17.2 Å². The Bertz CT molecular complexity index is 1450. The lowest BCUT2D eigenvalue weighted by molar-refractivity contribution is -0.128. The van der Waals surface area contributed by atoms with Crippen LogP contribution in [0, 0.1) is 11.8 Å². The maximum Gasteiger partial charge on any atom is 0.247 e. The molecule has 4 heterocycles. The van der Waals surface area contributed by atoms with Crippen LogP contribution >= 0.6 is 0 Å². The third-order valence-corrected chi connectivity index (χ3v) is 7.38. The zero-order chi connectivity index (χ0) is 24.4. The predicted molar refractivity (Wildman–Crippen MR) is 131 cm³/mol. The van der Waals surface area contributed by atoms with Crippen molar-refractivity contribution in [3.8, 4) is 11.5 Å². The van der Waals surface area contributed by atoms with Gasteiger partial charge in [-0.15, -0.1) is 0 Å². The van der Waals surface area contributed by atoms with E-state index in [4.69, 9.17) is 9.47 Å². The molecule has 8 heteroatoms. The molecule has 2 saturated heterocycles. The van der Waals surface area contributed by atoms with Crippen LogP contribution in [0.15, 0.2) is 79.0 Å². The minimum Gasteiger partial charge on any atom is -0.454 e. The van der Waals surface area contributed by atoms with Crippen LogP contribution in [-0.2, 0) is 14.4 Å². The van der Waals surface area contributed by atoms with Gasteiger partial charge in [-0.25, -0.2) is 4.90 Å². The fraction of sp³-hybridized carbons (Fsp3) is 0.179. The second-order valence-corrected chi connectivity index (χ2v) is 9.24. The summed E-state index contributed by atoms with van der Waals surface area (Å²) in [5.74, 6) is -1.35. The van der Waals surface area contributed by atoms with Crippen LogP contribution < -0.4 is 19.7 Å². The standard InChI is InChI=1S/C28H21N3O5/c32-26(29-17-10-11-20-21(14-17)36-15-35-20)25-23-22(24-19-9-5-4-6-16(19)12-13-30(24)25)27(33)31(28(23)34)18-7-2-1-3-8-18/h1-14,22-25H,15H2,(H,29,32)/t22-,23+,24-,25-/m0/s1. The zero-order valence-corrected chi connectivity index (χ0v) is 19.0. The number of carbonyl (C=O) groups excluding carboxylic acids is 3. The Hall–Kier alpha value is -4.59. The summed E-state index contributed by atoms with van der Waals surface area (Å²) in [6.45, 7) is 0.130. The molecular weight excluding hydrogens is 458 g/mol. The molecule has 8 nitrogen and oxygen atoms in total. The molecule has 1 N–H and O–H groups in total. The second-order valence-electron chi connectivity index (χ2n) is 9.24. The number of fused-ring (bicyclic) bond motifs is 6. The maximum absolute atomic E-state index is 13.8. The number of anilines is 2. The second kappa shape index (κ2) is 7.71. The van der Waals surface area contributed by atoms with E-state index in [-0.39, 0.29) is 24.5 Å². The average Bonchev–Trinajstić information content (AvgIpc) is 3.57. The Labute approximate surface area is 206 Å². The molecule has 3 aromatic rings. The fourth-order valence-corrected chi connectivity index (χ4v) is 5.88. The van der Waals surface area contributed by atoms with Crippen molar-refractivity contribution in [2.24, 2.45) is 11.8 Å². The Kier molecular flexibility index (Phi) is 4.44. The van der Waals surface area contributed by atoms with E-state index in [0.29, 0.717) is 22.9 Å². The van der Waals surface area contributed by atoms with Crippen molar-refractivity contribution in [1.82, 2.24) is 4.90 Å². The molecule has 2 fully saturated rings. The number of hydrogen-bond donors (Lipinski definition) is 1. The summed E-state index contributed by atoms with van der Waals surface area (Å²) < 4.78 is 10.8. The van der Waals surface area contributed by atoms with Crippen molar-refractivity contribution >= 4 is 35.2 Å². The Balaban J connectivity index is 1.30. The first kappa shape index (κ1) is 20.8. The first-order valence-electron chi connectivity index (χ1n) is 11.8. The normalized spacial score (nSPS) is 25.0. The Morgan fingerprint density at radius 2 is 1.61 bits per heavy atom. The smallest absolute Gasteiger partial charge is 0.247 e. The minimum atomic E-state index is -0.861. The molecule has 0 bridgehead atoms. The highest BCUT2D eigenvalue weighted by Gasteiger charge is 2.64. The van der Waals surface area contributed by atoms with E-state index < -0.39 is 23.9 Å². The van der Waals surface area contributed by atoms with Gasteiger partial charge in [-0.1, -0.05) is 42.5 Å². The number of benzene rings is 3. The van der Waals surface area contributed by atoms with E-state index >= 15 is 0 Å². The number of nitrogens with one attached hydrogen (secondary N) is 1. The Morgan fingerprint density at radius 1 is 0.861 bits per heavy atom. The van der Waals surface area contributed by atoms with E-state index in [1.54, 1.807) is 42.5 Å². The zero-order valence-electron chi connectivity index (χ0n) is 19.0. The number of ether oxygens (including phenoxy) is 2. The van der Waals surface area contributed by atoms with Crippen LogP contribution in [0.3, 0.4) is 0 Å². The molecular formula is C28H21N3O5. The summed E-state index contributed by atoms with van der Waals surface area (Å²) in [5.41, 5.74) is 2.96. The maximum atomic E-state index is 13.8. The first-order chi connectivity index (χ1) is 17.6. The number of amides is 3. The molecule has 3 aromatic carbocycles. The van der Waals surface area contributed by atoms with Gasteiger partial charge >= 0.3 is 0 Å². The minimum absolute atomic E-state index is 0.130. The van der Waals surface area contributed by atoms with Crippen molar-refractivity contribution in [3.63, 3.8) is 0 Å². The lowest BCUT2D eigenvalue weighted by Gasteiger charge is -2.35. The van der Waals surface area contributed by atoms with E-state index in [1.807, 2.05) is 47.5 Å². The van der Waals surface area contributed by atoms with Crippen LogP contribution in [0.5, 0.6) is 11.5 Å². The molecule has 4 aliphatic rings. The highest BCUT2D eigenvalue weighted by atomic mass is 16.7. The van der Waals surface area contributed by atoms with Crippen molar-refractivity contribution in [3.05, 3.63) is 90.1 Å². The molecule has 0 unspecified atom stereocenters. The quantitative estimate of drug-likeness (QED) is 0.578. The molecule has 178 valence electrons. The van der Waals surface area contributed by atoms with Gasteiger partial charge in [0, 0.05) is 18.0 Å². The molecule has 3 amide bonds. The summed E-state index contributed by atoms with van der Waals surface area (Å²) in [4.78, 5) is 44.5. The topological polar surface area (TPSA) is 88.2 Å². The van der Waals surface area contributed by atoms with Gasteiger partial charge in [-0.3, -0.25) is 14.4 Å². The van der Waals surface area contributed by atoms with E-state index in [9.17, 15) is 14.4 Å². The average molecular weight is 479 g/mol. The van der Waals surface area contributed by atoms with Gasteiger partial charge in [0.05, 0.1) is 23.6 Å². The molecule has 4 atom stereocenters. The van der Waals surface area contributed by atoms with Gasteiger partial charge in [0.2, 0.25) is 24.5 Å². The van der Waals surface area contributed by atoms with Crippen molar-refractivity contribution in [2.45, 2.75) is 12.1 Å². The summed E-state index contributed by atoms with van der Waals surface area (Å²) in [5, 5.41) is 2.94. The predicted octanol–water partition coefficient (Wildman–Crippen LogP) is 3.57. The number of hydrogen-bond acceptors (Lipinski definition) is 6. The molecule has 0 aromatic heterocycles. The van der Waals surface area contributed by atoms with Crippen LogP contribution in [0.4, 0.5) is 11.4 Å². The van der Waals surface area contributed by atoms with Gasteiger partial charge in [-0.2, -0.15) is 0 Å². The van der Waals surface area contributed by atoms with Crippen molar-refractivity contribution in [2.75, 3.05) is 17.0 Å². The third-order valence-electron chi connectivity index (χ3n) is 7.38. The molecule has 4 aliphatic heterocycles. The molecule has 0 aliphatic carbocycles. The molecule has 0 radical (unpaired) electrons. The summed E-state index contributed by atoms with van der Waals surface area (Å²) >= 11 is 0. The summed E-state index contributed by atoms with van der Waals surface area (Å²) in [6.07, 6.45) is 3.76.